The summed E-state index contributed by atoms with van der Waals surface area (Å²) in [5, 5.41) is 0. The molecule has 2 aromatic rings. The highest BCUT2D eigenvalue weighted by molar-refractivity contribution is 7.80. The van der Waals surface area contributed by atoms with E-state index >= 15 is 0 Å². The van der Waals surface area contributed by atoms with E-state index in [0.29, 0.717) is 5.82 Å². The van der Waals surface area contributed by atoms with Crippen molar-refractivity contribution in [3.8, 4) is 11.4 Å². The lowest BCUT2D eigenvalue weighted by Gasteiger charge is -2.20. The monoisotopic (exact) mass is 299 g/mol. The van der Waals surface area contributed by atoms with E-state index in [1.54, 1.807) is 24.3 Å². The first-order chi connectivity index (χ1) is 9.39. The van der Waals surface area contributed by atoms with Crippen molar-refractivity contribution in [2.45, 2.75) is 12.7 Å². The third-order valence-electron chi connectivity index (χ3n) is 2.87. The topological polar surface area (TPSA) is 43.8 Å². The van der Waals surface area contributed by atoms with Gasteiger partial charge in [-0.1, -0.05) is 42.5 Å². The van der Waals surface area contributed by atoms with E-state index < -0.39 is 17.1 Å². The van der Waals surface area contributed by atoms with Crippen LogP contribution in [0, 0.1) is 5.92 Å². The van der Waals surface area contributed by atoms with Gasteiger partial charge in [0, 0.05) is 24.5 Å². The van der Waals surface area contributed by atoms with Crippen molar-refractivity contribution in [2.75, 3.05) is 0 Å². The van der Waals surface area contributed by atoms with Gasteiger partial charge in [0.25, 0.3) is 0 Å². The molecule has 3 nitrogen and oxygen atoms in total. The Balaban J connectivity index is 2.31. The maximum absolute atomic E-state index is 12.9. The van der Waals surface area contributed by atoms with Crippen LogP contribution in [0.5, 0.6) is 0 Å². The molecule has 1 aromatic heterocycles. The van der Waals surface area contributed by atoms with Gasteiger partial charge in [-0.15, -0.1) is 0 Å². The van der Waals surface area contributed by atoms with E-state index in [-0.39, 0.29) is 6.54 Å². The van der Waals surface area contributed by atoms with Crippen LogP contribution in [0.15, 0.2) is 42.7 Å². The van der Waals surface area contributed by atoms with Crippen LogP contribution in [-0.2, 0) is 6.54 Å². The molecule has 106 valence electrons. The number of halogens is 3. The van der Waals surface area contributed by atoms with Gasteiger partial charge in [0.15, 0.2) is 0 Å². The molecule has 20 heavy (non-hydrogen) atoms. The first-order valence-electron chi connectivity index (χ1n) is 5.82. The molecule has 0 bridgehead atoms. The Bertz CT molecular complexity index is 592. The van der Waals surface area contributed by atoms with E-state index in [1.807, 2.05) is 6.07 Å². The number of benzene rings is 1. The molecule has 1 aromatic carbocycles. The van der Waals surface area contributed by atoms with Crippen molar-refractivity contribution >= 4 is 17.2 Å². The standard InChI is InChI=1S/C13H12F3N3S/c14-13(15,16)10(11(17)20)8-19-7-6-18-12(19)9-4-2-1-3-5-9/h1-7,10H,8H2,(H2,17,20). The van der Waals surface area contributed by atoms with Crippen molar-refractivity contribution in [3.63, 3.8) is 0 Å². The number of hydrogen-bond acceptors (Lipinski definition) is 2. The zero-order valence-corrected chi connectivity index (χ0v) is 11.2. The molecule has 0 fully saturated rings. The summed E-state index contributed by atoms with van der Waals surface area (Å²) in [5.74, 6) is -1.41. The van der Waals surface area contributed by atoms with Gasteiger partial charge in [-0.05, 0) is 0 Å². The molecule has 0 aliphatic heterocycles. The maximum atomic E-state index is 12.9. The van der Waals surface area contributed by atoms with Gasteiger partial charge in [0.05, 0.1) is 4.99 Å². The van der Waals surface area contributed by atoms with Crippen molar-refractivity contribution in [3.05, 3.63) is 42.7 Å². The molecule has 1 heterocycles. The van der Waals surface area contributed by atoms with Crippen molar-refractivity contribution in [1.82, 2.24) is 9.55 Å². The molecular formula is C13H12F3N3S. The van der Waals surface area contributed by atoms with Gasteiger partial charge in [-0.2, -0.15) is 13.2 Å². The summed E-state index contributed by atoms with van der Waals surface area (Å²) in [6.07, 6.45) is -1.53. The molecule has 0 aliphatic carbocycles. The quantitative estimate of drug-likeness (QED) is 0.883. The number of aromatic nitrogens is 2. The summed E-state index contributed by atoms with van der Waals surface area (Å²) in [6, 6.07) is 8.97. The minimum absolute atomic E-state index is 0.372. The zero-order valence-electron chi connectivity index (χ0n) is 10.3. The molecule has 7 heteroatoms. The van der Waals surface area contributed by atoms with Gasteiger partial charge in [0.2, 0.25) is 0 Å². The third-order valence-corrected chi connectivity index (χ3v) is 3.15. The fourth-order valence-electron chi connectivity index (χ4n) is 1.86. The highest BCUT2D eigenvalue weighted by atomic mass is 32.1. The lowest BCUT2D eigenvalue weighted by molar-refractivity contribution is -0.157. The summed E-state index contributed by atoms with van der Waals surface area (Å²) >= 11 is 4.52. The Morgan fingerprint density at radius 1 is 1.30 bits per heavy atom. The number of rotatable bonds is 4. The molecule has 0 amide bonds. The number of nitrogens with zero attached hydrogens (tertiary/aromatic N) is 2. The van der Waals surface area contributed by atoms with Gasteiger partial charge >= 0.3 is 6.18 Å². The van der Waals surface area contributed by atoms with Crippen LogP contribution in [0.25, 0.3) is 11.4 Å². The Hall–Kier alpha value is -1.89. The summed E-state index contributed by atoms with van der Waals surface area (Å²) < 4.78 is 40.1. The normalized spacial score (nSPS) is 13.2. The fourth-order valence-corrected chi connectivity index (χ4v) is 2.06. The number of hydrogen-bond donors (Lipinski definition) is 1. The molecular weight excluding hydrogens is 287 g/mol. The second-order valence-electron chi connectivity index (χ2n) is 4.27. The molecule has 0 radical (unpaired) electrons. The Kier molecular flexibility index (Phi) is 4.08. The number of imidazole rings is 1. The van der Waals surface area contributed by atoms with Crippen molar-refractivity contribution in [2.24, 2.45) is 11.7 Å². The highest BCUT2D eigenvalue weighted by Crippen LogP contribution is 2.29. The minimum atomic E-state index is -4.47. The van der Waals surface area contributed by atoms with Gasteiger partial charge in [0.1, 0.15) is 11.7 Å². The SMILES string of the molecule is NC(=S)C(Cn1ccnc1-c1ccccc1)C(F)(F)F. The zero-order chi connectivity index (χ0) is 14.8. The molecule has 1 unspecified atom stereocenters. The highest BCUT2D eigenvalue weighted by Gasteiger charge is 2.42. The molecule has 2 rings (SSSR count). The smallest absolute Gasteiger partial charge is 0.393 e. The number of alkyl halides is 3. The first-order valence-corrected chi connectivity index (χ1v) is 6.23. The van der Waals surface area contributed by atoms with Crippen LogP contribution in [0.3, 0.4) is 0 Å². The van der Waals surface area contributed by atoms with Crippen molar-refractivity contribution < 1.29 is 13.2 Å². The van der Waals surface area contributed by atoms with E-state index in [1.165, 1.54) is 17.0 Å². The second kappa shape index (κ2) is 5.62. The molecule has 2 N–H and O–H groups in total. The summed E-state index contributed by atoms with van der Waals surface area (Å²) in [5.41, 5.74) is 5.94. The molecule has 0 saturated carbocycles. The molecule has 1 atom stereocenters. The van der Waals surface area contributed by atoms with Crippen LogP contribution in [0.4, 0.5) is 13.2 Å². The van der Waals surface area contributed by atoms with E-state index in [2.05, 4.69) is 17.2 Å². The summed E-state index contributed by atoms with van der Waals surface area (Å²) in [4.78, 5) is 3.53. The predicted octanol–water partition coefficient (Wildman–Crippen LogP) is 3.01. The third kappa shape index (κ3) is 3.16. The average molecular weight is 299 g/mol. The van der Waals surface area contributed by atoms with Crippen LogP contribution in [0.1, 0.15) is 0 Å². The first kappa shape index (κ1) is 14.5. The number of thiocarbonyl (C=S) groups is 1. The van der Waals surface area contributed by atoms with Gasteiger partial charge in [-0.25, -0.2) is 4.98 Å². The lowest BCUT2D eigenvalue weighted by Crippen LogP contribution is -2.37. The average Bonchev–Trinajstić information content (AvgIpc) is 2.83. The molecule has 0 spiro atoms. The van der Waals surface area contributed by atoms with Crippen molar-refractivity contribution in [1.29, 1.82) is 0 Å². The summed E-state index contributed by atoms with van der Waals surface area (Å²) in [7, 11) is 0. The second-order valence-corrected chi connectivity index (χ2v) is 4.74. The van der Waals surface area contributed by atoms with Crippen LogP contribution < -0.4 is 5.73 Å². The van der Waals surface area contributed by atoms with Crippen LogP contribution in [-0.4, -0.2) is 20.7 Å². The van der Waals surface area contributed by atoms with Gasteiger partial charge < -0.3 is 10.3 Å². The lowest BCUT2D eigenvalue weighted by atomic mass is 10.1. The number of nitrogens with two attached hydrogens (primary N) is 1. The van der Waals surface area contributed by atoms with E-state index in [9.17, 15) is 13.2 Å². The van der Waals surface area contributed by atoms with E-state index in [0.717, 1.165) is 5.56 Å². The Morgan fingerprint density at radius 2 is 1.95 bits per heavy atom. The maximum Gasteiger partial charge on any atom is 0.399 e. The summed E-state index contributed by atoms with van der Waals surface area (Å²) in [6.45, 7) is -0.372. The van der Waals surface area contributed by atoms with Crippen LogP contribution in [0.2, 0.25) is 0 Å². The minimum Gasteiger partial charge on any atom is -0.393 e. The Labute approximate surface area is 119 Å². The van der Waals surface area contributed by atoms with E-state index in [4.69, 9.17) is 5.73 Å². The van der Waals surface area contributed by atoms with Gasteiger partial charge in [-0.3, -0.25) is 0 Å². The molecule has 0 aliphatic rings. The largest absolute Gasteiger partial charge is 0.399 e. The fraction of sp³-hybridized carbons (Fsp3) is 0.231. The predicted molar refractivity (Wildman–Crippen MR) is 74.0 cm³/mol. The molecule has 0 saturated heterocycles. The van der Waals surface area contributed by atoms with Crippen LogP contribution >= 0.6 is 12.2 Å². The Morgan fingerprint density at radius 3 is 2.50 bits per heavy atom.